The van der Waals surface area contributed by atoms with E-state index >= 15 is 0 Å². The predicted octanol–water partition coefficient (Wildman–Crippen LogP) is 3.40. The number of primary amides is 1. The van der Waals surface area contributed by atoms with Crippen molar-refractivity contribution in [2.45, 2.75) is 25.2 Å². The summed E-state index contributed by atoms with van der Waals surface area (Å²) in [6.45, 7) is 3.49. The summed E-state index contributed by atoms with van der Waals surface area (Å²) in [7, 11) is 0. The van der Waals surface area contributed by atoms with Crippen molar-refractivity contribution in [1.82, 2.24) is 4.90 Å². The molecule has 1 spiro atoms. The Hall–Kier alpha value is -3.34. The zero-order valence-electron chi connectivity index (χ0n) is 18.2. The minimum Gasteiger partial charge on any atom is -0.446 e. The van der Waals surface area contributed by atoms with Gasteiger partial charge in [-0.05, 0) is 23.8 Å². The normalized spacial score (nSPS) is 17.9. The first kappa shape index (κ1) is 22.5. The molecule has 2 aliphatic heterocycles. The van der Waals surface area contributed by atoms with Gasteiger partial charge in [-0.3, -0.25) is 14.5 Å². The molecule has 0 aliphatic carbocycles. The summed E-state index contributed by atoms with van der Waals surface area (Å²) in [6.07, 6.45) is 1.56. The van der Waals surface area contributed by atoms with Gasteiger partial charge in [-0.15, -0.1) is 0 Å². The van der Waals surface area contributed by atoms with E-state index in [-0.39, 0.29) is 16.7 Å². The number of nitrogens with two attached hydrogens (primary N) is 1. The monoisotopic (exact) mass is 471 g/mol. The van der Waals surface area contributed by atoms with Gasteiger partial charge in [0.05, 0.1) is 18.6 Å². The first-order valence-electron chi connectivity index (χ1n) is 11.0. The number of benzene rings is 2. The number of fused-ring (bicyclic) bond motifs is 1. The lowest BCUT2D eigenvalue weighted by molar-refractivity contribution is -0.185. The lowest BCUT2D eigenvalue weighted by Crippen LogP contribution is -2.44. The molecule has 2 aromatic carbocycles. The second-order valence-corrected chi connectivity index (χ2v) is 8.47. The number of carbonyl (C=O) groups is 2. The van der Waals surface area contributed by atoms with E-state index in [4.69, 9.17) is 19.6 Å². The second kappa shape index (κ2) is 8.79. The molecule has 3 N–H and O–H groups in total. The highest BCUT2D eigenvalue weighted by atomic mass is 19.1. The van der Waals surface area contributed by atoms with Crippen molar-refractivity contribution >= 4 is 28.5 Å². The number of piperidine rings is 1. The number of halogens is 2. The van der Waals surface area contributed by atoms with Gasteiger partial charge in [0.2, 0.25) is 5.76 Å². The number of carbonyl (C=O) groups excluding carboxylic acids is 2. The molecule has 3 heterocycles. The minimum absolute atomic E-state index is 0.0885. The fourth-order valence-corrected chi connectivity index (χ4v) is 4.52. The molecule has 178 valence electrons. The Labute approximate surface area is 193 Å². The molecule has 0 unspecified atom stereocenters. The van der Waals surface area contributed by atoms with Crippen molar-refractivity contribution in [2.75, 3.05) is 31.6 Å². The van der Waals surface area contributed by atoms with Crippen molar-refractivity contribution in [3.63, 3.8) is 0 Å². The largest absolute Gasteiger partial charge is 0.446 e. The maximum atomic E-state index is 14.1. The second-order valence-electron chi connectivity index (χ2n) is 8.47. The molecule has 2 amide bonds. The van der Waals surface area contributed by atoms with Crippen LogP contribution in [0.3, 0.4) is 0 Å². The Morgan fingerprint density at radius 1 is 1.09 bits per heavy atom. The minimum atomic E-state index is -1.02. The fourth-order valence-electron chi connectivity index (χ4n) is 4.52. The Kier molecular flexibility index (Phi) is 5.80. The molecular weight excluding hydrogens is 448 g/mol. The Bertz CT molecular complexity index is 1260. The number of nitrogens with one attached hydrogen (secondary N) is 1. The summed E-state index contributed by atoms with van der Waals surface area (Å²) in [6, 6.07) is 8.60. The van der Waals surface area contributed by atoms with Crippen LogP contribution in [0.25, 0.3) is 11.0 Å². The van der Waals surface area contributed by atoms with Crippen LogP contribution in [0.4, 0.5) is 14.5 Å². The van der Waals surface area contributed by atoms with E-state index in [2.05, 4.69) is 10.2 Å². The van der Waals surface area contributed by atoms with Gasteiger partial charge in [0.1, 0.15) is 11.5 Å². The number of anilines is 1. The van der Waals surface area contributed by atoms with E-state index in [1.54, 1.807) is 18.2 Å². The summed E-state index contributed by atoms with van der Waals surface area (Å²) < 4.78 is 44.6. The van der Waals surface area contributed by atoms with E-state index in [1.165, 1.54) is 0 Å². The summed E-state index contributed by atoms with van der Waals surface area (Å²) >= 11 is 0. The molecule has 3 aromatic rings. The fraction of sp³-hybridized carbons (Fsp3) is 0.333. The number of furan rings is 1. The third kappa shape index (κ3) is 4.27. The zero-order chi connectivity index (χ0) is 23.9. The van der Waals surface area contributed by atoms with Crippen LogP contribution >= 0.6 is 0 Å². The maximum absolute atomic E-state index is 14.1. The maximum Gasteiger partial charge on any atom is 0.286 e. The molecule has 0 saturated carbocycles. The average molecular weight is 471 g/mol. The Balaban J connectivity index is 1.33. The lowest BCUT2D eigenvalue weighted by Gasteiger charge is -2.37. The molecule has 0 bridgehead atoms. The average Bonchev–Trinajstić information content (AvgIpc) is 3.41. The van der Waals surface area contributed by atoms with Crippen molar-refractivity contribution in [2.24, 2.45) is 5.73 Å². The van der Waals surface area contributed by atoms with Crippen molar-refractivity contribution in [1.29, 1.82) is 0 Å². The van der Waals surface area contributed by atoms with Gasteiger partial charge >= 0.3 is 0 Å². The molecule has 10 heteroatoms. The smallest absolute Gasteiger partial charge is 0.286 e. The van der Waals surface area contributed by atoms with Crippen molar-refractivity contribution in [3.05, 3.63) is 64.9 Å². The number of hydrogen-bond acceptors (Lipinski definition) is 6. The van der Waals surface area contributed by atoms with Gasteiger partial charge in [0.25, 0.3) is 11.8 Å². The highest BCUT2D eigenvalue weighted by molar-refractivity contribution is 6.14. The van der Waals surface area contributed by atoms with Gasteiger partial charge < -0.3 is 24.9 Å². The molecule has 5 rings (SSSR count). The predicted molar refractivity (Wildman–Crippen MR) is 118 cm³/mol. The van der Waals surface area contributed by atoms with Gasteiger partial charge in [-0.25, -0.2) is 8.78 Å². The first-order chi connectivity index (χ1) is 16.3. The quantitative estimate of drug-likeness (QED) is 0.591. The van der Waals surface area contributed by atoms with Gasteiger partial charge in [-0.1, -0.05) is 12.1 Å². The molecule has 2 saturated heterocycles. The Morgan fingerprint density at radius 2 is 1.82 bits per heavy atom. The Morgan fingerprint density at radius 3 is 2.53 bits per heavy atom. The van der Waals surface area contributed by atoms with E-state index < -0.39 is 35.0 Å². The summed E-state index contributed by atoms with van der Waals surface area (Å²) in [4.78, 5) is 27.0. The lowest BCUT2D eigenvalue weighted by atomic mass is 10.0. The number of likely N-dealkylation sites (tertiary alicyclic amines) is 1. The molecule has 0 atom stereocenters. The van der Waals surface area contributed by atoms with Gasteiger partial charge in [0.15, 0.2) is 17.2 Å². The van der Waals surface area contributed by atoms with E-state index in [1.807, 2.05) is 6.07 Å². The van der Waals surface area contributed by atoms with Crippen LogP contribution in [0.5, 0.6) is 0 Å². The van der Waals surface area contributed by atoms with E-state index in [0.29, 0.717) is 31.4 Å². The van der Waals surface area contributed by atoms with Crippen molar-refractivity contribution in [3.8, 4) is 0 Å². The molecular formula is C24H23F2N3O5. The van der Waals surface area contributed by atoms with Crippen LogP contribution in [0, 0.1) is 11.6 Å². The zero-order valence-corrected chi connectivity index (χ0v) is 18.2. The third-order valence-corrected chi connectivity index (χ3v) is 6.20. The molecule has 2 fully saturated rings. The number of ether oxygens (including phenoxy) is 2. The summed E-state index contributed by atoms with van der Waals surface area (Å²) in [5, 5.41) is 2.45. The van der Waals surface area contributed by atoms with Crippen LogP contribution in [0.2, 0.25) is 0 Å². The standard InChI is InChI=1S/C24H23F2N3O5/c25-16-11-17-19(21(22(27)30)34-20(17)18(26)12-16)28-23(31)15-3-1-2-14(10-15)13-29-6-4-24(5-7-29)32-8-9-33-24/h1-3,10-12H,4-9,13H2,(H2,27,30)(H,28,31). The van der Waals surface area contributed by atoms with Crippen LogP contribution in [0.1, 0.15) is 39.3 Å². The first-order valence-corrected chi connectivity index (χ1v) is 11.0. The molecule has 2 aliphatic rings. The highest BCUT2D eigenvalue weighted by Gasteiger charge is 2.39. The number of hydrogen-bond donors (Lipinski definition) is 2. The van der Waals surface area contributed by atoms with E-state index in [0.717, 1.165) is 37.6 Å². The van der Waals surface area contributed by atoms with Crippen LogP contribution in [-0.4, -0.2) is 48.8 Å². The number of amides is 2. The SMILES string of the molecule is NC(=O)c1oc2c(F)cc(F)cc2c1NC(=O)c1cccc(CN2CCC3(CC2)OCCO3)c1. The summed E-state index contributed by atoms with van der Waals surface area (Å²) in [5.74, 6) is -4.38. The molecule has 1 aromatic heterocycles. The van der Waals surface area contributed by atoms with Crippen LogP contribution in [-0.2, 0) is 16.0 Å². The number of rotatable bonds is 5. The van der Waals surface area contributed by atoms with Crippen LogP contribution < -0.4 is 11.1 Å². The summed E-state index contributed by atoms with van der Waals surface area (Å²) in [5.41, 5.74) is 6.03. The van der Waals surface area contributed by atoms with Crippen LogP contribution in [0.15, 0.2) is 40.8 Å². The molecule has 0 radical (unpaired) electrons. The number of nitrogens with zero attached hydrogens (tertiary/aromatic N) is 1. The van der Waals surface area contributed by atoms with Gasteiger partial charge in [-0.2, -0.15) is 0 Å². The van der Waals surface area contributed by atoms with Gasteiger partial charge in [0, 0.05) is 44.1 Å². The molecule has 8 nitrogen and oxygen atoms in total. The molecule has 34 heavy (non-hydrogen) atoms. The topological polar surface area (TPSA) is 107 Å². The van der Waals surface area contributed by atoms with Crippen molar-refractivity contribution < 1.29 is 32.3 Å². The third-order valence-electron chi connectivity index (χ3n) is 6.20. The van der Waals surface area contributed by atoms with E-state index in [9.17, 15) is 18.4 Å². The highest BCUT2D eigenvalue weighted by Crippen LogP contribution is 2.34.